The summed E-state index contributed by atoms with van der Waals surface area (Å²) in [4.78, 5) is 34.0. The van der Waals surface area contributed by atoms with E-state index in [1.165, 1.54) is 11.3 Å². The van der Waals surface area contributed by atoms with Crippen molar-refractivity contribution in [1.29, 1.82) is 0 Å². The number of para-hydroxylation sites is 1. The molecule has 5 nitrogen and oxygen atoms in total. The SMILES string of the molecule is Cc1csc(NC(=O)C2c3ccccc3C(=O)N(c3ccccc3)C23CCCCC3)n1. The van der Waals surface area contributed by atoms with Gasteiger partial charge in [0.1, 0.15) is 0 Å². The van der Waals surface area contributed by atoms with Gasteiger partial charge in [-0.3, -0.25) is 9.59 Å². The third-order valence-electron chi connectivity index (χ3n) is 6.53. The predicted octanol–water partition coefficient (Wildman–Crippen LogP) is 5.54. The molecule has 158 valence electrons. The standard InChI is InChI=1S/C25H25N3O2S/c1-17-16-31-24(26-17)27-22(29)21-19-12-6-7-13-20(19)23(30)28(18-10-4-2-5-11-18)25(21)14-8-3-9-15-25/h2,4-7,10-13,16,21H,3,8-9,14-15H2,1H3,(H,26,27,29). The highest BCUT2D eigenvalue weighted by atomic mass is 32.1. The van der Waals surface area contributed by atoms with Crippen molar-refractivity contribution in [2.75, 3.05) is 10.2 Å². The van der Waals surface area contributed by atoms with Crippen molar-refractivity contribution < 1.29 is 9.59 Å². The number of thiazole rings is 1. The normalized spacial score (nSPS) is 19.8. The molecule has 1 atom stereocenters. The lowest BCUT2D eigenvalue weighted by molar-refractivity contribution is -0.119. The first-order valence-corrected chi connectivity index (χ1v) is 11.7. The van der Waals surface area contributed by atoms with Gasteiger partial charge in [0.05, 0.1) is 17.2 Å². The molecule has 1 aliphatic carbocycles. The van der Waals surface area contributed by atoms with E-state index in [1.54, 1.807) is 0 Å². The zero-order valence-corrected chi connectivity index (χ0v) is 18.3. The summed E-state index contributed by atoms with van der Waals surface area (Å²) < 4.78 is 0. The van der Waals surface area contributed by atoms with Crippen LogP contribution < -0.4 is 10.2 Å². The number of hydrogen-bond acceptors (Lipinski definition) is 4. The summed E-state index contributed by atoms with van der Waals surface area (Å²) >= 11 is 1.43. The molecular formula is C25H25N3O2S. The van der Waals surface area contributed by atoms with Crippen molar-refractivity contribution in [2.24, 2.45) is 0 Å². The second kappa shape index (κ2) is 7.93. The molecule has 2 aromatic carbocycles. The van der Waals surface area contributed by atoms with Crippen molar-refractivity contribution in [3.8, 4) is 0 Å². The smallest absolute Gasteiger partial charge is 0.259 e. The second-order valence-corrected chi connectivity index (χ2v) is 9.30. The highest BCUT2D eigenvalue weighted by molar-refractivity contribution is 7.13. The van der Waals surface area contributed by atoms with Gasteiger partial charge in [-0.1, -0.05) is 55.7 Å². The zero-order valence-electron chi connectivity index (χ0n) is 17.5. The average Bonchev–Trinajstić information content (AvgIpc) is 3.19. The van der Waals surface area contributed by atoms with E-state index in [9.17, 15) is 9.59 Å². The predicted molar refractivity (Wildman–Crippen MR) is 124 cm³/mol. The van der Waals surface area contributed by atoms with Gasteiger partial charge in [-0.15, -0.1) is 11.3 Å². The molecule has 1 aromatic heterocycles. The Morgan fingerprint density at radius 3 is 2.48 bits per heavy atom. The quantitative estimate of drug-likeness (QED) is 0.592. The van der Waals surface area contributed by atoms with Gasteiger partial charge in [0.15, 0.2) is 5.13 Å². The Morgan fingerprint density at radius 1 is 1.06 bits per heavy atom. The molecule has 1 unspecified atom stereocenters. The molecule has 2 heterocycles. The van der Waals surface area contributed by atoms with Gasteiger partial charge in [-0.2, -0.15) is 0 Å². The van der Waals surface area contributed by atoms with E-state index in [-0.39, 0.29) is 11.8 Å². The molecule has 0 radical (unpaired) electrons. The van der Waals surface area contributed by atoms with Crippen molar-refractivity contribution >= 4 is 34.0 Å². The summed E-state index contributed by atoms with van der Waals surface area (Å²) in [6.45, 7) is 1.92. The van der Waals surface area contributed by atoms with Gasteiger partial charge in [0, 0.05) is 16.6 Å². The number of nitrogens with zero attached hydrogens (tertiary/aromatic N) is 2. The molecule has 5 rings (SSSR count). The first kappa shape index (κ1) is 19.9. The van der Waals surface area contributed by atoms with Crippen LogP contribution in [-0.2, 0) is 4.79 Å². The first-order valence-electron chi connectivity index (χ1n) is 10.8. The number of nitrogens with one attached hydrogen (secondary N) is 1. The lowest BCUT2D eigenvalue weighted by Crippen LogP contribution is -2.62. The largest absolute Gasteiger partial charge is 0.301 e. The third kappa shape index (κ3) is 3.35. The van der Waals surface area contributed by atoms with Crippen LogP contribution in [-0.4, -0.2) is 22.3 Å². The topological polar surface area (TPSA) is 62.3 Å². The van der Waals surface area contributed by atoms with E-state index in [4.69, 9.17) is 0 Å². The van der Waals surface area contributed by atoms with Gasteiger partial charge in [0.25, 0.3) is 5.91 Å². The van der Waals surface area contributed by atoms with Crippen LogP contribution in [0.5, 0.6) is 0 Å². The zero-order chi connectivity index (χ0) is 21.4. The Morgan fingerprint density at radius 2 is 1.77 bits per heavy atom. The average molecular weight is 432 g/mol. The molecular weight excluding hydrogens is 406 g/mol. The summed E-state index contributed by atoms with van der Waals surface area (Å²) in [7, 11) is 0. The highest BCUT2D eigenvalue weighted by Gasteiger charge is 2.55. The lowest BCUT2D eigenvalue weighted by atomic mass is 9.65. The van der Waals surface area contributed by atoms with Gasteiger partial charge in [-0.05, 0) is 43.5 Å². The molecule has 1 saturated carbocycles. The minimum atomic E-state index is -0.582. The molecule has 31 heavy (non-hydrogen) atoms. The number of carbonyl (C=O) groups is 2. The second-order valence-electron chi connectivity index (χ2n) is 8.44. The van der Waals surface area contributed by atoms with Crippen LogP contribution in [0.2, 0.25) is 0 Å². The Bertz CT molecular complexity index is 1120. The number of aromatic nitrogens is 1. The Balaban J connectivity index is 1.68. The summed E-state index contributed by atoms with van der Waals surface area (Å²) in [5, 5.41) is 5.60. The van der Waals surface area contributed by atoms with E-state index in [0.29, 0.717) is 10.7 Å². The Labute approximate surface area is 186 Å². The van der Waals surface area contributed by atoms with Gasteiger partial charge >= 0.3 is 0 Å². The van der Waals surface area contributed by atoms with E-state index in [1.807, 2.05) is 71.8 Å². The molecule has 0 bridgehead atoms. The number of hydrogen-bond donors (Lipinski definition) is 1. The first-order chi connectivity index (χ1) is 15.1. The minimum absolute atomic E-state index is 0.0159. The molecule has 3 aromatic rings. The maximum atomic E-state index is 13.8. The van der Waals surface area contributed by atoms with E-state index < -0.39 is 11.5 Å². The summed E-state index contributed by atoms with van der Waals surface area (Å²) in [5.74, 6) is -0.555. The van der Waals surface area contributed by atoms with Crippen molar-refractivity contribution in [2.45, 2.75) is 50.5 Å². The Kier molecular flexibility index (Phi) is 5.10. The molecule has 1 N–H and O–H groups in total. The number of rotatable bonds is 3. The third-order valence-corrected chi connectivity index (χ3v) is 7.41. The number of fused-ring (bicyclic) bond motifs is 1. The van der Waals surface area contributed by atoms with Crippen LogP contribution in [0, 0.1) is 6.92 Å². The molecule has 2 aliphatic rings. The fourth-order valence-corrected chi connectivity index (χ4v) is 5.98. The van der Waals surface area contributed by atoms with E-state index >= 15 is 0 Å². The summed E-state index contributed by atoms with van der Waals surface area (Å²) in [6.07, 6.45) is 4.73. The van der Waals surface area contributed by atoms with Crippen LogP contribution in [0.3, 0.4) is 0 Å². The summed E-state index contributed by atoms with van der Waals surface area (Å²) in [6, 6.07) is 17.4. The minimum Gasteiger partial charge on any atom is -0.301 e. The fraction of sp³-hybridized carbons (Fsp3) is 0.320. The lowest BCUT2D eigenvalue weighted by Gasteiger charge is -2.53. The highest BCUT2D eigenvalue weighted by Crippen LogP contribution is 2.51. The van der Waals surface area contributed by atoms with Crippen LogP contribution in [0.15, 0.2) is 60.0 Å². The van der Waals surface area contributed by atoms with Crippen LogP contribution in [0.1, 0.15) is 59.6 Å². The number of carbonyl (C=O) groups excluding carboxylic acids is 2. The molecule has 1 fully saturated rings. The molecule has 2 amide bonds. The molecule has 0 saturated heterocycles. The fourth-order valence-electron chi connectivity index (χ4n) is 5.29. The van der Waals surface area contributed by atoms with Gasteiger partial charge < -0.3 is 10.2 Å². The van der Waals surface area contributed by atoms with Crippen molar-refractivity contribution in [1.82, 2.24) is 4.98 Å². The molecule has 1 aliphatic heterocycles. The number of anilines is 2. The van der Waals surface area contributed by atoms with Gasteiger partial charge in [0.2, 0.25) is 5.91 Å². The number of benzene rings is 2. The van der Waals surface area contributed by atoms with Crippen molar-refractivity contribution in [3.05, 3.63) is 76.8 Å². The van der Waals surface area contributed by atoms with Crippen molar-refractivity contribution in [3.63, 3.8) is 0 Å². The molecule has 1 spiro atoms. The monoisotopic (exact) mass is 431 g/mol. The number of aryl methyl sites for hydroxylation is 1. The number of amides is 2. The van der Waals surface area contributed by atoms with Crippen LogP contribution >= 0.6 is 11.3 Å². The maximum absolute atomic E-state index is 13.8. The van der Waals surface area contributed by atoms with Crippen LogP contribution in [0.25, 0.3) is 0 Å². The maximum Gasteiger partial charge on any atom is 0.259 e. The van der Waals surface area contributed by atoms with E-state index in [2.05, 4.69) is 10.3 Å². The summed E-state index contributed by atoms with van der Waals surface area (Å²) in [5.41, 5.74) is 2.59. The molecule has 6 heteroatoms. The Hall–Kier alpha value is -2.99. The van der Waals surface area contributed by atoms with E-state index in [0.717, 1.165) is 49.0 Å². The van der Waals surface area contributed by atoms with Crippen LogP contribution in [0.4, 0.5) is 10.8 Å². The van der Waals surface area contributed by atoms with Gasteiger partial charge in [-0.25, -0.2) is 4.98 Å².